The quantitative estimate of drug-likeness (QED) is 0.623. The SMILES string of the molecule is CSc1ccc(NC(=O)C(C)C(=O)O)cc1. The van der Waals surface area contributed by atoms with E-state index in [-0.39, 0.29) is 0 Å². The minimum atomic E-state index is -1.13. The Labute approximate surface area is 98.0 Å². The second-order valence-electron chi connectivity index (χ2n) is 3.28. The minimum absolute atomic E-state index is 0.510. The van der Waals surface area contributed by atoms with E-state index in [0.29, 0.717) is 5.69 Å². The van der Waals surface area contributed by atoms with Crippen LogP contribution in [0.15, 0.2) is 29.2 Å². The number of anilines is 1. The second kappa shape index (κ2) is 5.55. The highest BCUT2D eigenvalue weighted by molar-refractivity contribution is 7.98. The maximum absolute atomic E-state index is 11.4. The molecule has 1 aromatic carbocycles. The summed E-state index contributed by atoms with van der Waals surface area (Å²) in [5.41, 5.74) is 0.607. The van der Waals surface area contributed by atoms with E-state index in [1.54, 1.807) is 23.9 Å². The van der Waals surface area contributed by atoms with Crippen molar-refractivity contribution in [3.05, 3.63) is 24.3 Å². The number of hydrogen-bond acceptors (Lipinski definition) is 3. The third-order valence-electron chi connectivity index (χ3n) is 2.12. The first-order valence-electron chi connectivity index (χ1n) is 4.72. The van der Waals surface area contributed by atoms with Crippen LogP contribution in [0.1, 0.15) is 6.92 Å². The summed E-state index contributed by atoms with van der Waals surface area (Å²) >= 11 is 1.60. The molecule has 1 amide bonds. The summed E-state index contributed by atoms with van der Waals surface area (Å²) in [7, 11) is 0. The molecule has 86 valence electrons. The van der Waals surface area contributed by atoms with E-state index in [4.69, 9.17) is 5.11 Å². The van der Waals surface area contributed by atoms with Gasteiger partial charge in [0, 0.05) is 10.6 Å². The van der Waals surface area contributed by atoms with E-state index in [0.717, 1.165) is 4.90 Å². The van der Waals surface area contributed by atoms with Crippen molar-refractivity contribution in [3.63, 3.8) is 0 Å². The molecule has 0 saturated heterocycles. The Bertz CT molecular complexity index is 389. The molecule has 1 aromatic rings. The molecule has 0 aromatic heterocycles. The van der Waals surface area contributed by atoms with E-state index >= 15 is 0 Å². The highest BCUT2D eigenvalue weighted by Crippen LogP contribution is 2.17. The summed E-state index contributed by atoms with van der Waals surface area (Å²) in [6.45, 7) is 1.36. The number of rotatable bonds is 4. The molecule has 0 fully saturated rings. The molecule has 0 aliphatic rings. The molecular formula is C11H13NO3S. The molecule has 1 rings (SSSR count). The maximum atomic E-state index is 11.4. The minimum Gasteiger partial charge on any atom is -0.481 e. The lowest BCUT2D eigenvalue weighted by Crippen LogP contribution is -2.26. The highest BCUT2D eigenvalue weighted by Gasteiger charge is 2.20. The van der Waals surface area contributed by atoms with Crippen molar-refractivity contribution >= 4 is 29.3 Å². The second-order valence-corrected chi connectivity index (χ2v) is 4.16. The molecule has 0 spiro atoms. The number of amides is 1. The van der Waals surface area contributed by atoms with Gasteiger partial charge in [0.05, 0.1) is 0 Å². The van der Waals surface area contributed by atoms with Crippen LogP contribution in [0.2, 0.25) is 0 Å². The van der Waals surface area contributed by atoms with Crippen molar-refractivity contribution in [2.45, 2.75) is 11.8 Å². The number of nitrogens with one attached hydrogen (secondary N) is 1. The lowest BCUT2D eigenvalue weighted by molar-refractivity contribution is -0.144. The average Bonchev–Trinajstić information content (AvgIpc) is 2.28. The smallest absolute Gasteiger partial charge is 0.315 e. The molecule has 0 aliphatic carbocycles. The molecule has 0 bridgehead atoms. The number of hydrogen-bond donors (Lipinski definition) is 2. The topological polar surface area (TPSA) is 66.4 Å². The Balaban J connectivity index is 2.66. The van der Waals surface area contributed by atoms with Crippen molar-refractivity contribution in [2.75, 3.05) is 11.6 Å². The molecule has 16 heavy (non-hydrogen) atoms. The van der Waals surface area contributed by atoms with Gasteiger partial charge in [-0.05, 0) is 37.4 Å². The van der Waals surface area contributed by atoms with Gasteiger partial charge in [-0.25, -0.2) is 0 Å². The number of carboxylic acids is 1. The zero-order valence-electron chi connectivity index (χ0n) is 9.06. The fourth-order valence-electron chi connectivity index (χ4n) is 1.04. The number of carbonyl (C=O) groups excluding carboxylic acids is 1. The zero-order chi connectivity index (χ0) is 12.1. The molecule has 2 N–H and O–H groups in total. The van der Waals surface area contributed by atoms with Gasteiger partial charge < -0.3 is 10.4 Å². The van der Waals surface area contributed by atoms with Crippen molar-refractivity contribution in [1.82, 2.24) is 0 Å². The molecule has 5 heteroatoms. The molecule has 4 nitrogen and oxygen atoms in total. The van der Waals surface area contributed by atoms with Crippen LogP contribution >= 0.6 is 11.8 Å². The van der Waals surface area contributed by atoms with Crippen molar-refractivity contribution < 1.29 is 14.7 Å². The third-order valence-corrected chi connectivity index (χ3v) is 2.86. The van der Waals surface area contributed by atoms with Gasteiger partial charge in [-0.3, -0.25) is 9.59 Å². The molecule has 1 atom stereocenters. The van der Waals surface area contributed by atoms with Crippen LogP contribution in [0.5, 0.6) is 0 Å². The first-order chi connectivity index (χ1) is 7.54. The summed E-state index contributed by atoms with van der Waals surface area (Å²) in [6, 6.07) is 7.23. The van der Waals surface area contributed by atoms with E-state index in [1.807, 2.05) is 18.4 Å². The van der Waals surface area contributed by atoms with Crippen molar-refractivity contribution in [3.8, 4) is 0 Å². The van der Waals surface area contributed by atoms with E-state index in [2.05, 4.69) is 5.32 Å². The van der Waals surface area contributed by atoms with Gasteiger partial charge in [-0.1, -0.05) is 0 Å². The summed E-state index contributed by atoms with van der Waals surface area (Å²) in [6.07, 6.45) is 1.96. The van der Waals surface area contributed by atoms with Gasteiger partial charge in [-0.2, -0.15) is 0 Å². The van der Waals surface area contributed by atoms with Gasteiger partial charge in [0.2, 0.25) is 5.91 Å². The molecule has 1 unspecified atom stereocenters. The van der Waals surface area contributed by atoms with E-state index in [1.165, 1.54) is 6.92 Å². The van der Waals surface area contributed by atoms with Gasteiger partial charge in [0.1, 0.15) is 5.92 Å². The Kier molecular flexibility index (Phi) is 4.37. The standard InChI is InChI=1S/C11H13NO3S/c1-7(11(14)15)10(13)12-8-3-5-9(16-2)6-4-8/h3-7H,1-2H3,(H,12,13)(H,14,15). The third kappa shape index (κ3) is 3.27. The molecule has 0 radical (unpaired) electrons. The number of carbonyl (C=O) groups is 2. The molecular weight excluding hydrogens is 226 g/mol. The fourth-order valence-corrected chi connectivity index (χ4v) is 1.45. The van der Waals surface area contributed by atoms with Gasteiger partial charge in [0.15, 0.2) is 0 Å². The van der Waals surface area contributed by atoms with Crippen molar-refractivity contribution in [2.24, 2.45) is 5.92 Å². The number of thioether (sulfide) groups is 1. The molecule has 0 heterocycles. The first kappa shape index (κ1) is 12.6. The van der Waals surface area contributed by atoms with Crippen LogP contribution in [0.3, 0.4) is 0 Å². The molecule has 0 aliphatic heterocycles. The first-order valence-corrected chi connectivity index (χ1v) is 5.95. The normalized spacial score (nSPS) is 11.9. The van der Waals surface area contributed by atoms with Crippen molar-refractivity contribution in [1.29, 1.82) is 0 Å². The van der Waals surface area contributed by atoms with Crippen LogP contribution in [0.4, 0.5) is 5.69 Å². The number of aliphatic carboxylic acids is 1. The maximum Gasteiger partial charge on any atom is 0.315 e. The van der Waals surface area contributed by atoms with Crippen LogP contribution in [0.25, 0.3) is 0 Å². The number of carboxylic acid groups (broad SMARTS) is 1. The lowest BCUT2D eigenvalue weighted by Gasteiger charge is -2.08. The van der Waals surface area contributed by atoms with Crippen LogP contribution in [-0.2, 0) is 9.59 Å². The summed E-state index contributed by atoms with van der Waals surface area (Å²) in [5, 5.41) is 11.2. The van der Waals surface area contributed by atoms with Gasteiger partial charge >= 0.3 is 5.97 Å². The zero-order valence-corrected chi connectivity index (χ0v) is 9.88. The monoisotopic (exact) mass is 239 g/mol. The van der Waals surface area contributed by atoms with E-state index < -0.39 is 17.8 Å². The van der Waals surface area contributed by atoms with E-state index in [9.17, 15) is 9.59 Å². The Morgan fingerprint density at radius 3 is 2.31 bits per heavy atom. The Morgan fingerprint density at radius 2 is 1.88 bits per heavy atom. The van der Waals surface area contributed by atoms with Crippen LogP contribution < -0.4 is 5.32 Å². The van der Waals surface area contributed by atoms with Crippen LogP contribution in [-0.4, -0.2) is 23.2 Å². The Morgan fingerprint density at radius 1 is 1.31 bits per heavy atom. The lowest BCUT2D eigenvalue weighted by atomic mass is 10.1. The van der Waals surface area contributed by atoms with Crippen LogP contribution in [0, 0.1) is 5.92 Å². The van der Waals surface area contributed by atoms with Gasteiger partial charge in [0.25, 0.3) is 0 Å². The largest absolute Gasteiger partial charge is 0.481 e. The van der Waals surface area contributed by atoms with Gasteiger partial charge in [-0.15, -0.1) is 11.8 Å². The predicted octanol–water partition coefficient (Wildman–Crippen LogP) is 2.07. The number of benzene rings is 1. The average molecular weight is 239 g/mol. The summed E-state index contributed by atoms with van der Waals surface area (Å²) in [5.74, 6) is -2.68. The summed E-state index contributed by atoms with van der Waals surface area (Å²) < 4.78 is 0. The fraction of sp³-hybridized carbons (Fsp3) is 0.273. The molecule has 0 saturated carbocycles. The Hall–Kier alpha value is -1.49. The predicted molar refractivity (Wildman–Crippen MR) is 63.7 cm³/mol. The highest BCUT2D eigenvalue weighted by atomic mass is 32.2. The summed E-state index contributed by atoms with van der Waals surface area (Å²) in [4.78, 5) is 23.1.